The average Bonchev–Trinajstić information content (AvgIpc) is 2.68. The predicted octanol–water partition coefficient (Wildman–Crippen LogP) is 2.32. The normalized spacial score (nSPS) is 16.4. The summed E-state index contributed by atoms with van der Waals surface area (Å²) in [7, 11) is -3.69. The zero-order chi connectivity index (χ0) is 21.6. The van der Waals surface area contributed by atoms with E-state index in [-0.39, 0.29) is 11.3 Å². The van der Waals surface area contributed by atoms with Gasteiger partial charge in [0, 0.05) is 25.2 Å². The summed E-state index contributed by atoms with van der Waals surface area (Å²) in [4.78, 5) is 24.3. The fraction of sp³-hybridized carbons (Fsp3) is 0.600. The van der Waals surface area contributed by atoms with Gasteiger partial charge in [0.1, 0.15) is 0 Å². The molecule has 0 aromatic heterocycles. The number of amides is 1. The van der Waals surface area contributed by atoms with Gasteiger partial charge in [-0.1, -0.05) is 19.9 Å². The van der Waals surface area contributed by atoms with Crippen LogP contribution in [0, 0.1) is 12.8 Å². The third-order valence-electron chi connectivity index (χ3n) is 4.65. The molecule has 2 rings (SSSR count). The molecule has 1 saturated heterocycles. The second-order valence-electron chi connectivity index (χ2n) is 7.55. The highest BCUT2D eigenvalue weighted by molar-refractivity contribution is 7.89. The van der Waals surface area contributed by atoms with Crippen LogP contribution in [-0.2, 0) is 29.1 Å². The number of sulfonamides is 1. The molecule has 0 aliphatic carbocycles. The van der Waals surface area contributed by atoms with E-state index >= 15 is 0 Å². The van der Waals surface area contributed by atoms with E-state index in [4.69, 9.17) is 9.47 Å². The fourth-order valence-corrected chi connectivity index (χ4v) is 4.50. The van der Waals surface area contributed by atoms with Crippen molar-refractivity contribution in [1.82, 2.24) is 4.31 Å². The van der Waals surface area contributed by atoms with Gasteiger partial charge in [-0.3, -0.25) is 9.59 Å². The number of esters is 1. The van der Waals surface area contributed by atoms with E-state index in [1.165, 1.54) is 17.3 Å². The van der Waals surface area contributed by atoms with Gasteiger partial charge in [0.15, 0.2) is 6.10 Å². The quantitative estimate of drug-likeness (QED) is 0.640. The van der Waals surface area contributed by atoms with Gasteiger partial charge in [0.2, 0.25) is 10.0 Å². The first-order valence-corrected chi connectivity index (χ1v) is 11.2. The van der Waals surface area contributed by atoms with Crippen molar-refractivity contribution in [2.24, 2.45) is 5.92 Å². The first-order valence-electron chi connectivity index (χ1n) is 9.80. The molecule has 1 N–H and O–H groups in total. The molecule has 0 spiro atoms. The Morgan fingerprint density at radius 1 is 1.21 bits per heavy atom. The molecule has 1 aromatic rings. The molecule has 0 unspecified atom stereocenters. The van der Waals surface area contributed by atoms with Gasteiger partial charge in [-0.2, -0.15) is 4.31 Å². The summed E-state index contributed by atoms with van der Waals surface area (Å²) in [6.45, 7) is 8.50. The summed E-state index contributed by atoms with van der Waals surface area (Å²) in [6, 6.07) is 4.70. The lowest BCUT2D eigenvalue weighted by atomic mass is 10.1. The average molecular weight is 427 g/mol. The van der Waals surface area contributed by atoms with Gasteiger partial charge >= 0.3 is 5.97 Å². The minimum atomic E-state index is -3.69. The van der Waals surface area contributed by atoms with Gasteiger partial charge in [-0.15, -0.1) is 0 Å². The molecule has 0 radical (unpaired) electrons. The standard InChI is InChI=1S/C20H30N2O6S/c1-14(2)5-8-19(23)28-16(4)20(24)21-17-7-6-15(3)18(13-17)29(25,26)22-9-11-27-12-10-22/h6-7,13-14,16H,5,8-12H2,1-4H3,(H,21,24)/t16-/m0/s1. The fourth-order valence-electron chi connectivity index (χ4n) is 2.84. The second-order valence-corrected chi connectivity index (χ2v) is 9.46. The lowest BCUT2D eigenvalue weighted by molar-refractivity contribution is -0.153. The summed E-state index contributed by atoms with van der Waals surface area (Å²) in [6.07, 6.45) is -0.0365. The lowest BCUT2D eigenvalue weighted by Gasteiger charge is -2.27. The Hall–Kier alpha value is -1.97. The SMILES string of the molecule is Cc1ccc(NC(=O)[C@H](C)OC(=O)CCC(C)C)cc1S(=O)(=O)N1CCOCC1. The summed E-state index contributed by atoms with van der Waals surface area (Å²) >= 11 is 0. The monoisotopic (exact) mass is 426 g/mol. The maximum Gasteiger partial charge on any atom is 0.306 e. The third-order valence-corrected chi connectivity index (χ3v) is 6.69. The van der Waals surface area contributed by atoms with E-state index in [1.54, 1.807) is 19.1 Å². The number of carbonyl (C=O) groups is 2. The third kappa shape index (κ3) is 6.52. The number of hydrogen-bond acceptors (Lipinski definition) is 6. The van der Waals surface area contributed by atoms with E-state index in [0.717, 1.165) is 0 Å². The van der Waals surface area contributed by atoms with Crippen LogP contribution >= 0.6 is 0 Å². The van der Waals surface area contributed by atoms with Gasteiger partial charge in [-0.25, -0.2) is 8.42 Å². The van der Waals surface area contributed by atoms with Gasteiger partial charge in [-0.05, 0) is 43.9 Å². The Kier molecular flexibility index (Phi) is 8.18. The molecule has 1 atom stereocenters. The molecule has 1 heterocycles. The summed E-state index contributed by atoms with van der Waals surface area (Å²) in [5, 5.41) is 2.63. The van der Waals surface area contributed by atoms with E-state index in [2.05, 4.69) is 5.32 Å². The number of nitrogens with zero attached hydrogens (tertiary/aromatic N) is 1. The van der Waals surface area contributed by atoms with Crippen molar-refractivity contribution in [3.63, 3.8) is 0 Å². The molecule has 1 aliphatic heterocycles. The van der Waals surface area contributed by atoms with Gasteiger partial charge < -0.3 is 14.8 Å². The molecule has 0 bridgehead atoms. The number of aryl methyl sites for hydroxylation is 1. The van der Waals surface area contributed by atoms with Crippen LogP contribution in [0.1, 0.15) is 39.2 Å². The van der Waals surface area contributed by atoms with Crippen molar-refractivity contribution in [2.75, 3.05) is 31.6 Å². The largest absolute Gasteiger partial charge is 0.453 e. The second kappa shape index (κ2) is 10.2. The van der Waals surface area contributed by atoms with E-state index in [0.29, 0.717) is 49.9 Å². The number of hydrogen-bond donors (Lipinski definition) is 1. The highest BCUT2D eigenvalue weighted by Crippen LogP contribution is 2.24. The number of morpholine rings is 1. The van der Waals surface area contributed by atoms with Crippen LogP contribution in [0.25, 0.3) is 0 Å². The van der Waals surface area contributed by atoms with Crippen molar-refractivity contribution in [1.29, 1.82) is 0 Å². The van der Waals surface area contributed by atoms with E-state index in [1.807, 2.05) is 13.8 Å². The van der Waals surface area contributed by atoms with Crippen molar-refractivity contribution in [3.8, 4) is 0 Å². The van der Waals surface area contributed by atoms with Crippen molar-refractivity contribution < 1.29 is 27.5 Å². The molecule has 1 amide bonds. The predicted molar refractivity (Wildman–Crippen MR) is 109 cm³/mol. The molecule has 1 aromatic carbocycles. The molecule has 162 valence electrons. The Bertz CT molecular complexity index is 831. The Morgan fingerprint density at radius 3 is 2.48 bits per heavy atom. The molecule has 8 nitrogen and oxygen atoms in total. The molecule has 9 heteroatoms. The van der Waals surface area contributed by atoms with Crippen LogP contribution in [0.15, 0.2) is 23.1 Å². The molecular formula is C20H30N2O6S. The summed E-state index contributed by atoms with van der Waals surface area (Å²) in [5.41, 5.74) is 0.917. The highest BCUT2D eigenvalue weighted by atomic mass is 32.2. The number of nitrogens with one attached hydrogen (secondary N) is 1. The van der Waals surface area contributed by atoms with Crippen molar-refractivity contribution >= 4 is 27.6 Å². The molecule has 29 heavy (non-hydrogen) atoms. The number of carbonyl (C=O) groups excluding carboxylic acids is 2. The Balaban J connectivity index is 2.07. The van der Waals surface area contributed by atoms with Crippen LogP contribution in [0.3, 0.4) is 0 Å². The topological polar surface area (TPSA) is 102 Å². The summed E-state index contributed by atoms with van der Waals surface area (Å²) < 4.78 is 37.6. The molecular weight excluding hydrogens is 396 g/mol. The van der Waals surface area contributed by atoms with Crippen LogP contribution in [0.4, 0.5) is 5.69 Å². The van der Waals surface area contributed by atoms with Crippen LogP contribution < -0.4 is 5.32 Å². The smallest absolute Gasteiger partial charge is 0.306 e. The van der Waals surface area contributed by atoms with Crippen molar-refractivity contribution in [3.05, 3.63) is 23.8 Å². The number of anilines is 1. The minimum Gasteiger partial charge on any atom is -0.453 e. The first kappa shape index (κ1) is 23.3. The van der Waals surface area contributed by atoms with E-state index in [9.17, 15) is 18.0 Å². The molecule has 0 saturated carbocycles. The minimum absolute atomic E-state index is 0.138. The number of benzene rings is 1. The van der Waals surface area contributed by atoms with Gasteiger partial charge in [0.25, 0.3) is 5.91 Å². The van der Waals surface area contributed by atoms with Crippen LogP contribution in [-0.4, -0.2) is 57.0 Å². The first-order chi connectivity index (χ1) is 13.6. The number of ether oxygens (including phenoxy) is 2. The number of rotatable bonds is 8. The Morgan fingerprint density at radius 2 is 1.86 bits per heavy atom. The van der Waals surface area contributed by atoms with Crippen LogP contribution in [0.5, 0.6) is 0 Å². The maximum absolute atomic E-state index is 12.9. The Labute approximate surface area is 172 Å². The zero-order valence-electron chi connectivity index (χ0n) is 17.4. The van der Waals surface area contributed by atoms with Crippen molar-refractivity contribution in [2.45, 2.75) is 51.5 Å². The highest BCUT2D eigenvalue weighted by Gasteiger charge is 2.28. The van der Waals surface area contributed by atoms with Crippen LogP contribution in [0.2, 0.25) is 0 Å². The molecule has 1 fully saturated rings. The summed E-state index contributed by atoms with van der Waals surface area (Å²) in [5.74, 6) is -0.576. The maximum atomic E-state index is 12.9. The molecule has 1 aliphatic rings. The van der Waals surface area contributed by atoms with E-state index < -0.39 is 28.0 Å². The zero-order valence-corrected chi connectivity index (χ0v) is 18.3. The van der Waals surface area contributed by atoms with Gasteiger partial charge in [0.05, 0.1) is 18.1 Å². The lowest BCUT2D eigenvalue weighted by Crippen LogP contribution is -2.40.